The molecule has 6 rings (SSSR count). The van der Waals surface area contributed by atoms with E-state index < -0.39 is 0 Å². The van der Waals surface area contributed by atoms with E-state index in [9.17, 15) is 4.79 Å². The Kier molecular flexibility index (Phi) is 6.68. The van der Waals surface area contributed by atoms with E-state index >= 15 is 0 Å². The first-order chi connectivity index (χ1) is 19.0. The second-order valence-electron chi connectivity index (χ2n) is 9.98. The number of hydrogen-bond donors (Lipinski definition) is 1. The Morgan fingerprint density at radius 2 is 1.51 bits per heavy atom. The number of carbonyl (C=O) groups excluding carboxylic acids is 1. The Morgan fingerprint density at radius 1 is 0.872 bits per heavy atom. The molecule has 1 N–H and O–H groups in total. The molecule has 1 atom stereocenters. The second-order valence-corrected chi connectivity index (χ2v) is 9.98. The van der Waals surface area contributed by atoms with Gasteiger partial charge < -0.3 is 14.6 Å². The van der Waals surface area contributed by atoms with Crippen molar-refractivity contribution in [3.63, 3.8) is 0 Å². The SMILES string of the molecule is Cc1noc(-c2ccc(-c3ccc(C(C)OC(=O)C4CC4)cc3)cc2)c1Nc1cncc(-c2ccccc2)c1. The van der Waals surface area contributed by atoms with E-state index in [2.05, 4.69) is 57.9 Å². The van der Waals surface area contributed by atoms with Crippen molar-refractivity contribution in [2.75, 3.05) is 5.32 Å². The van der Waals surface area contributed by atoms with Crippen molar-refractivity contribution in [2.45, 2.75) is 32.8 Å². The van der Waals surface area contributed by atoms with Gasteiger partial charge in [-0.2, -0.15) is 0 Å². The summed E-state index contributed by atoms with van der Waals surface area (Å²) in [7, 11) is 0. The minimum atomic E-state index is -0.251. The molecule has 0 amide bonds. The molecule has 1 aliphatic carbocycles. The van der Waals surface area contributed by atoms with Gasteiger partial charge >= 0.3 is 5.97 Å². The van der Waals surface area contributed by atoms with Gasteiger partial charge in [-0.3, -0.25) is 9.78 Å². The van der Waals surface area contributed by atoms with Crippen LogP contribution in [0.1, 0.15) is 37.1 Å². The number of nitrogens with one attached hydrogen (secondary N) is 1. The monoisotopic (exact) mass is 515 g/mol. The maximum absolute atomic E-state index is 12.0. The maximum Gasteiger partial charge on any atom is 0.309 e. The van der Waals surface area contributed by atoms with Crippen LogP contribution < -0.4 is 5.32 Å². The average Bonchev–Trinajstić information content (AvgIpc) is 3.78. The van der Waals surface area contributed by atoms with E-state index in [1.807, 2.05) is 62.5 Å². The molecule has 0 radical (unpaired) electrons. The zero-order chi connectivity index (χ0) is 26.8. The summed E-state index contributed by atoms with van der Waals surface area (Å²) in [4.78, 5) is 16.4. The first-order valence-electron chi connectivity index (χ1n) is 13.2. The highest BCUT2D eigenvalue weighted by atomic mass is 16.5. The van der Waals surface area contributed by atoms with Crippen molar-refractivity contribution >= 4 is 17.3 Å². The molecule has 194 valence electrons. The molecule has 0 bridgehead atoms. The molecule has 0 spiro atoms. The molecule has 1 fully saturated rings. The lowest BCUT2D eigenvalue weighted by Crippen LogP contribution is -2.10. The molecule has 0 saturated heterocycles. The van der Waals surface area contributed by atoms with Crippen LogP contribution in [0, 0.1) is 12.8 Å². The Bertz CT molecular complexity index is 1590. The average molecular weight is 516 g/mol. The number of rotatable bonds is 8. The molecule has 3 aromatic carbocycles. The molecule has 5 aromatic rings. The number of nitrogens with zero attached hydrogens (tertiary/aromatic N) is 2. The molecule has 6 heteroatoms. The molecular formula is C33H29N3O3. The van der Waals surface area contributed by atoms with Gasteiger partial charge in [0.25, 0.3) is 0 Å². The van der Waals surface area contributed by atoms with Crippen LogP contribution in [-0.4, -0.2) is 16.1 Å². The van der Waals surface area contributed by atoms with E-state index in [1.54, 1.807) is 6.20 Å². The van der Waals surface area contributed by atoms with Crippen molar-refractivity contribution in [1.29, 1.82) is 0 Å². The van der Waals surface area contributed by atoms with Gasteiger partial charge in [-0.25, -0.2) is 0 Å². The van der Waals surface area contributed by atoms with E-state index in [-0.39, 0.29) is 18.0 Å². The molecule has 6 nitrogen and oxygen atoms in total. The number of ether oxygens (including phenoxy) is 1. The number of esters is 1. The summed E-state index contributed by atoms with van der Waals surface area (Å²) >= 11 is 0. The highest BCUT2D eigenvalue weighted by Crippen LogP contribution is 2.36. The third kappa shape index (κ3) is 5.46. The first kappa shape index (κ1) is 24.6. The van der Waals surface area contributed by atoms with E-state index in [0.29, 0.717) is 5.76 Å². The summed E-state index contributed by atoms with van der Waals surface area (Å²) < 4.78 is 11.3. The smallest absolute Gasteiger partial charge is 0.309 e. The third-order valence-corrected chi connectivity index (χ3v) is 7.04. The van der Waals surface area contributed by atoms with Gasteiger partial charge in [0.1, 0.15) is 17.5 Å². The molecule has 1 unspecified atom stereocenters. The lowest BCUT2D eigenvalue weighted by atomic mass is 10.00. The quantitative estimate of drug-likeness (QED) is 0.210. The fourth-order valence-electron chi connectivity index (χ4n) is 4.57. The van der Waals surface area contributed by atoms with Crippen LogP contribution in [0.2, 0.25) is 0 Å². The Morgan fingerprint density at radius 3 is 2.21 bits per heavy atom. The lowest BCUT2D eigenvalue weighted by molar-refractivity contribution is -0.150. The van der Waals surface area contributed by atoms with Crippen LogP contribution in [0.15, 0.2) is 102 Å². The van der Waals surface area contributed by atoms with Gasteiger partial charge in [0.05, 0.1) is 17.8 Å². The standard InChI is InChI=1S/C33H29N3O3/c1-21-31(35-30-18-29(19-34-20-30)24-6-4-3-5-7-24)32(39-36-21)27-14-12-26(13-15-27)25-10-8-23(9-11-25)22(2)38-33(37)28-16-17-28/h3-15,18-20,22,28,35H,16-17H2,1-2H3. The molecule has 2 aromatic heterocycles. The first-order valence-corrected chi connectivity index (χ1v) is 13.2. The largest absolute Gasteiger partial charge is 0.458 e. The van der Waals surface area contributed by atoms with Crippen molar-refractivity contribution in [3.8, 4) is 33.6 Å². The Labute approximate surface area is 227 Å². The minimum absolute atomic E-state index is 0.0844. The Hall–Kier alpha value is -4.71. The Balaban J connectivity index is 1.18. The fraction of sp³-hybridized carbons (Fsp3) is 0.182. The lowest BCUT2D eigenvalue weighted by Gasteiger charge is -2.14. The van der Waals surface area contributed by atoms with Gasteiger partial charge in [-0.15, -0.1) is 0 Å². The predicted molar refractivity (Wildman–Crippen MR) is 152 cm³/mol. The fourth-order valence-corrected chi connectivity index (χ4v) is 4.57. The number of aromatic nitrogens is 2. The van der Waals surface area contributed by atoms with E-state index in [4.69, 9.17) is 9.26 Å². The zero-order valence-corrected chi connectivity index (χ0v) is 21.9. The van der Waals surface area contributed by atoms with Crippen LogP contribution in [-0.2, 0) is 9.53 Å². The third-order valence-electron chi connectivity index (χ3n) is 7.04. The maximum atomic E-state index is 12.0. The summed E-state index contributed by atoms with van der Waals surface area (Å²) in [5, 5.41) is 7.68. The number of pyridine rings is 1. The molecular weight excluding hydrogens is 486 g/mol. The predicted octanol–water partition coefficient (Wildman–Crippen LogP) is 8.14. The summed E-state index contributed by atoms with van der Waals surface area (Å²) in [5.41, 5.74) is 8.66. The van der Waals surface area contributed by atoms with Crippen LogP contribution in [0.3, 0.4) is 0 Å². The van der Waals surface area contributed by atoms with Gasteiger partial charge in [0.2, 0.25) is 0 Å². The number of benzene rings is 3. The van der Waals surface area contributed by atoms with Crippen LogP contribution in [0.4, 0.5) is 11.4 Å². The van der Waals surface area contributed by atoms with Crippen molar-refractivity contribution in [2.24, 2.45) is 5.92 Å². The zero-order valence-electron chi connectivity index (χ0n) is 21.9. The molecule has 1 aliphatic rings. The number of hydrogen-bond acceptors (Lipinski definition) is 6. The second kappa shape index (κ2) is 10.6. The van der Waals surface area contributed by atoms with Gasteiger partial charge in [-0.05, 0) is 55.0 Å². The van der Waals surface area contributed by atoms with Crippen LogP contribution >= 0.6 is 0 Å². The number of aryl methyl sites for hydroxylation is 1. The normalized spacial score (nSPS) is 13.6. The molecule has 1 saturated carbocycles. The summed E-state index contributed by atoms with van der Waals surface area (Å²) in [6.45, 7) is 3.84. The van der Waals surface area contributed by atoms with Crippen LogP contribution in [0.5, 0.6) is 0 Å². The molecule has 0 aliphatic heterocycles. The molecule has 39 heavy (non-hydrogen) atoms. The number of carbonyl (C=O) groups is 1. The summed E-state index contributed by atoms with van der Waals surface area (Å²) in [5.74, 6) is 0.690. The van der Waals surface area contributed by atoms with E-state index in [1.165, 1.54) is 0 Å². The number of anilines is 2. The summed E-state index contributed by atoms with van der Waals surface area (Å²) in [6, 6.07) is 28.6. The van der Waals surface area contributed by atoms with Crippen LogP contribution in [0.25, 0.3) is 33.6 Å². The van der Waals surface area contributed by atoms with Crippen molar-refractivity contribution in [1.82, 2.24) is 10.1 Å². The minimum Gasteiger partial charge on any atom is -0.458 e. The van der Waals surface area contributed by atoms with Gasteiger partial charge in [-0.1, -0.05) is 84.0 Å². The van der Waals surface area contributed by atoms with Crippen molar-refractivity contribution < 1.29 is 14.1 Å². The highest BCUT2D eigenvalue weighted by Gasteiger charge is 2.32. The van der Waals surface area contributed by atoms with Crippen molar-refractivity contribution in [3.05, 3.63) is 109 Å². The van der Waals surface area contributed by atoms with Gasteiger partial charge in [0.15, 0.2) is 5.76 Å². The summed E-state index contributed by atoms with van der Waals surface area (Å²) in [6.07, 6.45) is 5.30. The van der Waals surface area contributed by atoms with Gasteiger partial charge in [0, 0.05) is 17.3 Å². The topological polar surface area (TPSA) is 77.2 Å². The van der Waals surface area contributed by atoms with E-state index in [0.717, 1.165) is 63.3 Å². The molecule has 2 heterocycles. The highest BCUT2D eigenvalue weighted by molar-refractivity contribution is 5.80.